The molecular weight excluding hydrogens is 362 g/mol. The fourth-order valence-corrected chi connectivity index (χ4v) is 6.27. The summed E-state index contributed by atoms with van der Waals surface area (Å²) in [7, 11) is 1.89. The number of ketones is 1. The summed E-state index contributed by atoms with van der Waals surface area (Å²) >= 11 is 0. The Morgan fingerprint density at radius 1 is 1.17 bits per heavy atom. The molecule has 3 aliphatic carbocycles. The largest absolute Gasteiger partial charge is 0.423 e. The third-order valence-corrected chi connectivity index (χ3v) is 7.79. The van der Waals surface area contributed by atoms with Crippen molar-refractivity contribution in [2.24, 2.45) is 24.3 Å². The molecule has 0 spiro atoms. The Morgan fingerprint density at radius 2 is 2.03 bits per heavy atom. The van der Waals surface area contributed by atoms with Gasteiger partial charge in [-0.25, -0.2) is 9.36 Å². The lowest BCUT2D eigenvalue weighted by Gasteiger charge is -2.48. The highest BCUT2D eigenvalue weighted by Gasteiger charge is 2.54. The van der Waals surface area contributed by atoms with E-state index in [-0.39, 0.29) is 11.4 Å². The molecule has 1 heterocycles. The summed E-state index contributed by atoms with van der Waals surface area (Å²) in [5, 5.41) is 0. The minimum Gasteiger partial charge on any atom is -0.423 e. The summed E-state index contributed by atoms with van der Waals surface area (Å²) < 4.78 is 7.50. The molecule has 0 radical (unpaired) electrons. The number of nitrogens with zero attached hydrogens (tertiary/aromatic N) is 1. The van der Waals surface area contributed by atoms with Gasteiger partial charge in [0.1, 0.15) is 24.1 Å². The van der Waals surface area contributed by atoms with Crippen LogP contribution in [0.1, 0.15) is 66.4 Å². The van der Waals surface area contributed by atoms with Crippen molar-refractivity contribution >= 4 is 11.8 Å². The number of ether oxygens (including phenoxy) is 1. The van der Waals surface area contributed by atoms with Gasteiger partial charge in [0.25, 0.3) is 0 Å². The number of benzene rings is 1. The number of carbonyl (C=O) groups excluding carboxylic acids is 2. The predicted octanol–water partition coefficient (Wildman–Crippen LogP) is 4.16. The molecule has 0 aliphatic heterocycles. The van der Waals surface area contributed by atoms with Gasteiger partial charge in [0.2, 0.25) is 0 Å². The van der Waals surface area contributed by atoms with Crippen LogP contribution in [0.15, 0.2) is 42.7 Å². The third kappa shape index (κ3) is 3.00. The van der Waals surface area contributed by atoms with Gasteiger partial charge in [0.05, 0.1) is 0 Å². The molecule has 2 saturated carbocycles. The summed E-state index contributed by atoms with van der Waals surface area (Å²) in [6, 6.07) is 9.77. The van der Waals surface area contributed by atoms with Gasteiger partial charge in [0, 0.05) is 17.9 Å². The molecule has 4 atom stereocenters. The van der Waals surface area contributed by atoms with Gasteiger partial charge in [-0.15, -0.1) is 0 Å². The van der Waals surface area contributed by atoms with Gasteiger partial charge in [-0.1, -0.05) is 13.0 Å². The van der Waals surface area contributed by atoms with Gasteiger partial charge in [0.15, 0.2) is 12.4 Å². The van der Waals surface area contributed by atoms with Crippen LogP contribution in [-0.2, 0) is 18.3 Å². The van der Waals surface area contributed by atoms with E-state index in [0.29, 0.717) is 34.8 Å². The number of fused-ring (bicyclic) bond motifs is 5. The Labute approximate surface area is 171 Å². The standard InChI is InChI=1S/C25H28NO3/c1-25-12-11-20-19-8-6-18(29-24(28)17-4-3-13-26(2)15-17)14-16(19)5-7-21(20)22(25)9-10-23(25)27/h3-4,6,8,13-15,20-22H,5,7,9-12H2,1-2H3/q+1/t20-,21-,22+,25+/m1/s1. The van der Waals surface area contributed by atoms with E-state index in [1.165, 1.54) is 11.1 Å². The normalized spacial score (nSPS) is 30.3. The Hall–Kier alpha value is -2.49. The first-order valence-corrected chi connectivity index (χ1v) is 10.8. The average molecular weight is 391 g/mol. The van der Waals surface area contributed by atoms with Crippen LogP contribution in [0.4, 0.5) is 0 Å². The van der Waals surface area contributed by atoms with Crippen molar-refractivity contribution < 1.29 is 18.9 Å². The number of aromatic nitrogens is 1. The molecule has 2 fully saturated rings. The lowest BCUT2D eigenvalue weighted by atomic mass is 9.55. The van der Waals surface area contributed by atoms with Gasteiger partial charge < -0.3 is 4.74 Å². The molecule has 0 N–H and O–H groups in total. The molecule has 0 bridgehead atoms. The van der Waals surface area contributed by atoms with Crippen molar-refractivity contribution in [1.82, 2.24) is 0 Å². The summed E-state index contributed by atoms with van der Waals surface area (Å²) in [6.45, 7) is 2.21. The summed E-state index contributed by atoms with van der Waals surface area (Å²) in [5.74, 6) is 2.48. The number of Topliss-reactive ketones (excluding diaryl/α,β-unsaturated/α-hetero) is 1. The van der Waals surface area contributed by atoms with E-state index in [0.717, 1.165) is 38.5 Å². The maximum atomic E-state index is 12.5. The second-order valence-electron chi connectivity index (χ2n) is 9.34. The minimum absolute atomic E-state index is 0.0834. The van der Waals surface area contributed by atoms with Crippen LogP contribution in [0.5, 0.6) is 5.75 Å². The first-order valence-electron chi connectivity index (χ1n) is 10.8. The molecule has 150 valence electrons. The van der Waals surface area contributed by atoms with E-state index in [2.05, 4.69) is 19.1 Å². The second kappa shape index (κ2) is 6.79. The number of pyridine rings is 1. The van der Waals surface area contributed by atoms with E-state index in [1.54, 1.807) is 12.3 Å². The van der Waals surface area contributed by atoms with Crippen LogP contribution >= 0.6 is 0 Å². The molecule has 1 aromatic heterocycles. The monoisotopic (exact) mass is 390 g/mol. The second-order valence-corrected chi connectivity index (χ2v) is 9.34. The van der Waals surface area contributed by atoms with Gasteiger partial charge in [-0.05, 0) is 79.2 Å². The maximum absolute atomic E-state index is 12.5. The van der Waals surface area contributed by atoms with Crippen molar-refractivity contribution in [3.8, 4) is 5.75 Å². The van der Waals surface area contributed by atoms with E-state index in [4.69, 9.17) is 4.74 Å². The molecule has 0 unspecified atom stereocenters. The van der Waals surface area contributed by atoms with Crippen molar-refractivity contribution in [2.75, 3.05) is 0 Å². The van der Waals surface area contributed by atoms with Gasteiger partial charge >= 0.3 is 5.97 Å². The quantitative estimate of drug-likeness (QED) is 0.440. The van der Waals surface area contributed by atoms with E-state index in [1.807, 2.05) is 29.9 Å². The zero-order valence-corrected chi connectivity index (χ0v) is 17.2. The molecule has 5 rings (SSSR count). The van der Waals surface area contributed by atoms with Gasteiger partial charge in [-0.3, -0.25) is 4.79 Å². The van der Waals surface area contributed by atoms with Crippen LogP contribution in [0.2, 0.25) is 0 Å². The van der Waals surface area contributed by atoms with Gasteiger partial charge in [-0.2, -0.15) is 0 Å². The maximum Gasteiger partial charge on any atom is 0.349 e. The van der Waals surface area contributed by atoms with Crippen molar-refractivity contribution in [2.45, 2.75) is 51.4 Å². The summed E-state index contributed by atoms with van der Waals surface area (Å²) in [5.41, 5.74) is 3.18. The van der Waals surface area contributed by atoms with Crippen LogP contribution in [0.3, 0.4) is 0 Å². The first-order chi connectivity index (χ1) is 14.0. The minimum atomic E-state index is -0.326. The number of carbonyl (C=O) groups is 2. The van der Waals surface area contributed by atoms with Crippen molar-refractivity contribution in [3.05, 3.63) is 59.4 Å². The number of rotatable bonds is 2. The lowest BCUT2D eigenvalue weighted by Crippen LogP contribution is -2.42. The molecule has 4 nitrogen and oxygen atoms in total. The van der Waals surface area contributed by atoms with E-state index >= 15 is 0 Å². The molecule has 29 heavy (non-hydrogen) atoms. The molecule has 3 aliphatic rings. The fraction of sp³-hybridized carbons (Fsp3) is 0.480. The Bertz CT molecular complexity index is 997. The van der Waals surface area contributed by atoms with E-state index in [9.17, 15) is 9.59 Å². The molecule has 0 saturated heterocycles. The zero-order chi connectivity index (χ0) is 20.2. The Morgan fingerprint density at radius 3 is 2.86 bits per heavy atom. The van der Waals surface area contributed by atoms with Crippen LogP contribution in [-0.4, -0.2) is 11.8 Å². The Kier molecular flexibility index (Phi) is 4.34. The molecular formula is C25H28NO3+. The lowest BCUT2D eigenvalue weighted by molar-refractivity contribution is -0.671. The Balaban J connectivity index is 1.37. The average Bonchev–Trinajstić information content (AvgIpc) is 3.02. The van der Waals surface area contributed by atoms with Crippen molar-refractivity contribution in [3.63, 3.8) is 0 Å². The summed E-state index contributed by atoms with van der Waals surface area (Å²) in [6.07, 6.45) is 9.74. The van der Waals surface area contributed by atoms with Crippen LogP contribution in [0, 0.1) is 17.3 Å². The fourth-order valence-electron chi connectivity index (χ4n) is 6.27. The molecule has 2 aromatic rings. The summed E-state index contributed by atoms with van der Waals surface area (Å²) in [4.78, 5) is 25.0. The smallest absolute Gasteiger partial charge is 0.349 e. The highest BCUT2D eigenvalue weighted by molar-refractivity contribution is 5.90. The predicted molar refractivity (Wildman–Crippen MR) is 109 cm³/mol. The number of hydrogen-bond acceptors (Lipinski definition) is 3. The molecule has 0 amide bonds. The van der Waals surface area contributed by atoms with Crippen LogP contribution < -0.4 is 9.30 Å². The van der Waals surface area contributed by atoms with E-state index < -0.39 is 0 Å². The number of hydrogen-bond donors (Lipinski definition) is 0. The highest BCUT2D eigenvalue weighted by atomic mass is 16.5. The molecule has 1 aromatic carbocycles. The van der Waals surface area contributed by atoms with Crippen LogP contribution in [0.25, 0.3) is 0 Å². The zero-order valence-electron chi connectivity index (χ0n) is 17.2. The highest BCUT2D eigenvalue weighted by Crippen LogP contribution is 2.59. The van der Waals surface area contributed by atoms with Crippen molar-refractivity contribution in [1.29, 1.82) is 0 Å². The third-order valence-electron chi connectivity index (χ3n) is 7.79. The number of aryl methyl sites for hydroxylation is 2. The molecule has 4 heteroatoms. The first kappa shape index (κ1) is 18.5. The topological polar surface area (TPSA) is 47.2 Å². The SMILES string of the molecule is C[n+]1cccc(C(=O)Oc2ccc3c(c2)CC[C@@H]2[C@@H]3CC[C@]3(C)C(=O)CC[C@@H]23)c1. The number of esters is 1.